The van der Waals surface area contributed by atoms with Gasteiger partial charge in [0.05, 0.1) is 11.1 Å². The molecule has 0 amide bonds. The number of hydrogen-bond acceptors (Lipinski definition) is 2. The number of carboxylic acids is 1. The third-order valence-corrected chi connectivity index (χ3v) is 3.80. The lowest BCUT2D eigenvalue weighted by atomic mass is 10.0. The van der Waals surface area contributed by atoms with Gasteiger partial charge in [0.1, 0.15) is 6.07 Å². The zero-order valence-corrected chi connectivity index (χ0v) is 14.2. The fourth-order valence-electron chi connectivity index (χ4n) is 2.44. The molecule has 0 heterocycles. The van der Waals surface area contributed by atoms with Crippen LogP contribution in [0.25, 0.3) is 0 Å². The Bertz CT molecular complexity index is 1180. The van der Waals surface area contributed by atoms with Gasteiger partial charge in [-0.25, -0.2) is 4.79 Å². The molecular formula is C24H13NO2. The second-order valence-electron chi connectivity index (χ2n) is 5.55. The highest BCUT2D eigenvalue weighted by Crippen LogP contribution is 2.11. The van der Waals surface area contributed by atoms with Crippen LogP contribution in [0.5, 0.6) is 0 Å². The van der Waals surface area contributed by atoms with E-state index in [4.69, 9.17) is 5.26 Å². The summed E-state index contributed by atoms with van der Waals surface area (Å²) in [6.45, 7) is 0. The van der Waals surface area contributed by atoms with E-state index in [1.807, 2.05) is 30.3 Å². The van der Waals surface area contributed by atoms with Gasteiger partial charge in [0.25, 0.3) is 0 Å². The maximum Gasteiger partial charge on any atom is 0.336 e. The van der Waals surface area contributed by atoms with Crippen LogP contribution >= 0.6 is 0 Å². The van der Waals surface area contributed by atoms with E-state index in [2.05, 4.69) is 29.8 Å². The Morgan fingerprint density at radius 2 is 1.00 bits per heavy atom. The summed E-state index contributed by atoms with van der Waals surface area (Å²) < 4.78 is 0. The van der Waals surface area contributed by atoms with E-state index in [-0.39, 0.29) is 5.56 Å². The van der Waals surface area contributed by atoms with Crippen LogP contribution < -0.4 is 0 Å². The van der Waals surface area contributed by atoms with E-state index in [0.29, 0.717) is 27.8 Å². The fraction of sp³-hybridized carbons (Fsp3) is 0. The largest absolute Gasteiger partial charge is 0.478 e. The lowest BCUT2D eigenvalue weighted by molar-refractivity contribution is 0.0696. The van der Waals surface area contributed by atoms with Crippen LogP contribution in [0.15, 0.2) is 72.8 Å². The molecule has 0 aromatic heterocycles. The molecule has 3 nitrogen and oxygen atoms in total. The number of aromatic carboxylic acids is 1. The molecule has 0 radical (unpaired) electrons. The second-order valence-corrected chi connectivity index (χ2v) is 5.55. The number of carbonyl (C=O) groups is 1. The maximum atomic E-state index is 11.3. The summed E-state index contributed by atoms with van der Waals surface area (Å²) >= 11 is 0. The molecule has 0 spiro atoms. The van der Waals surface area contributed by atoms with E-state index in [9.17, 15) is 9.90 Å². The first-order valence-electron chi connectivity index (χ1n) is 8.13. The molecule has 126 valence electrons. The molecule has 3 rings (SSSR count). The van der Waals surface area contributed by atoms with Gasteiger partial charge in [-0.3, -0.25) is 0 Å². The van der Waals surface area contributed by atoms with Gasteiger partial charge in [0, 0.05) is 22.3 Å². The van der Waals surface area contributed by atoms with Crippen molar-refractivity contribution in [3.8, 4) is 29.8 Å². The van der Waals surface area contributed by atoms with Crippen molar-refractivity contribution in [2.75, 3.05) is 0 Å². The zero-order chi connectivity index (χ0) is 19.1. The Kier molecular flexibility index (Phi) is 5.34. The smallest absolute Gasteiger partial charge is 0.336 e. The number of hydrogen-bond donors (Lipinski definition) is 1. The van der Waals surface area contributed by atoms with Crippen molar-refractivity contribution in [1.29, 1.82) is 5.26 Å². The summed E-state index contributed by atoms with van der Waals surface area (Å²) in [4.78, 5) is 11.3. The van der Waals surface area contributed by atoms with Crippen molar-refractivity contribution < 1.29 is 9.90 Å². The van der Waals surface area contributed by atoms with Gasteiger partial charge in [-0.2, -0.15) is 5.26 Å². The molecule has 3 aromatic carbocycles. The van der Waals surface area contributed by atoms with E-state index in [1.165, 1.54) is 6.07 Å². The number of rotatable bonds is 1. The van der Waals surface area contributed by atoms with Crippen molar-refractivity contribution in [1.82, 2.24) is 0 Å². The summed E-state index contributed by atoms with van der Waals surface area (Å²) in [6, 6.07) is 23.3. The van der Waals surface area contributed by atoms with Crippen LogP contribution in [0.4, 0.5) is 0 Å². The summed E-state index contributed by atoms with van der Waals surface area (Å²) in [7, 11) is 0. The van der Waals surface area contributed by atoms with Crippen LogP contribution in [0.3, 0.4) is 0 Å². The minimum atomic E-state index is -1.01. The summed E-state index contributed by atoms with van der Waals surface area (Å²) in [5.74, 6) is 11.0. The van der Waals surface area contributed by atoms with Gasteiger partial charge in [-0.15, -0.1) is 0 Å². The molecule has 0 saturated carbocycles. The summed E-state index contributed by atoms with van der Waals surface area (Å²) in [5.41, 5.74) is 3.19. The normalized spacial score (nSPS) is 9.15. The molecule has 0 saturated heterocycles. The predicted molar refractivity (Wildman–Crippen MR) is 103 cm³/mol. The molecule has 27 heavy (non-hydrogen) atoms. The van der Waals surface area contributed by atoms with Crippen LogP contribution in [0, 0.1) is 35.0 Å². The molecular weight excluding hydrogens is 334 g/mol. The van der Waals surface area contributed by atoms with Crippen molar-refractivity contribution in [3.05, 3.63) is 106 Å². The highest BCUT2D eigenvalue weighted by molar-refractivity contribution is 5.90. The number of benzene rings is 3. The number of nitrogens with zero attached hydrogens (tertiary/aromatic N) is 1. The molecule has 0 bridgehead atoms. The molecule has 0 fully saturated rings. The molecule has 3 heteroatoms. The van der Waals surface area contributed by atoms with Crippen LogP contribution in [-0.2, 0) is 0 Å². The lowest BCUT2D eigenvalue weighted by Crippen LogP contribution is -1.99. The Labute approximate surface area is 157 Å². The van der Waals surface area contributed by atoms with Crippen molar-refractivity contribution in [2.24, 2.45) is 0 Å². The monoisotopic (exact) mass is 347 g/mol. The van der Waals surface area contributed by atoms with Gasteiger partial charge in [0.2, 0.25) is 0 Å². The average molecular weight is 347 g/mol. The van der Waals surface area contributed by atoms with Crippen molar-refractivity contribution >= 4 is 5.97 Å². The highest BCUT2D eigenvalue weighted by Gasteiger charge is 2.06. The average Bonchev–Trinajstić information content (AvgIpc) is 2.71. The molecule has 3 aromatic rings. The molecule has 1 N–H and O–H groups in total. The Morgan fingerprint density at radius 3 is 1.48 bits per heavy atom. The third kappa shape index (κ3) is 4.23. The second kappa shape index (κ2) is 8.21. The number of carboxylic acid groups (broad SMARTS) is 1. The van der Waals surface area contributed by atoms with Crippen LogP contribution in [0.1, 0.15) is 38.2 Å². The SMILES string of the molecule is N#Cc1ccccc1C#Cc1ccccc1C#Cc1ccccc1C(=O)O. The fourth-order valence-corrected chi connectivity index (χ4v) is 2.44. The Morgan fingerprint density at radius 1 is 0.630 bits per heavy atom. The minimum absolute atomic E-state index is 0.163. The van der Waals surface area contributed by atoms with Crippen molar-refractivity contribution in [3.63, 3.8) is 0 Å². The lowest BCUT2D eigenvalue weighted by Gasteiger charge is -1.98. The van der Waals surface area contributed by atoms with Gasteiger partial charge < -0.3 is 5.11 Å². The van der Waals surface area contributed by atoms with Crippen LogP contribution in [0.2, 0.25) is 0 Å². The first kappa shape index (κ1) is 17.6. The Hall–Kier alpha value is -4.26. The quantitative estimate of drug-likeness (QED) is 0.676. The standard InChI is InChI=1S/C24H13NO2/c25-17-22-11-4-3-9-20(22)14-13-18-7-1-2-8-19(18)15-16-21-10-5-6-12-23(21)24(26)27/h1-12H,(H,26,27). The van der Waals surface area contributed by atoms with E-state index in [1.54, 1.807) is 36.4 Å². The number of nitriles is 1. The summed E-state index contributed by atoms with van der Waals surface area (Å²) in [5, 5.41) is 18.4. The molecule has 0 unspecified atom stereocenters. The van der Waals surface area contributed by atoms with Gasteiger partial charge in [-0.05, 0) is 36.4 Å². The van der Waals surface area contributed by atoms with Gasteiger partial charge >= 0.3 is 5.97 Å². The van der Waals surface area contributed by atoms with E-state index < -0.39 is 5.97 Å². The Balaban J connectivity index is 2.00. The first-order chi connectivity index (χ1) is 13.2. The minimum Gasteiger partial charge on any atom is -0.478 e. The molecule has 0 atom stereocenters. The molecule has 0 aliphatic rings. The maximum absolute atomic E-state index is 11.3. The third-order valence-electron chi connectivity index (χ3n) is 3.80. The topological polar surface area (TPSA) is 61.1 Å². The van der Waals surface area contributed by atoms with Gasteiger partial charge in [0.15, 0.2) is 0 Å². The first-order valence-corrected chi connectivity index (χ1v) is 8.13. The highest BCUT2D eigenvalue weighted by atomic mass is 16.4. The molecule has 0 aliphatic carbocycles. The summed E-state index contributed by atoms with van der Waals surface area (Å²) in [6.07, 6.45) is 0. The zero-order valence-electron chi connectivity index (χ0n) is 14.2. The van der Waals surface area contributed by atoms with E-state index in [0.717, 1.165) is 0 Å². The predicted octanol–water partition coefficient (Wildman–Crippen LogP) is 4.06. The molecule has 0 aliphatic heterocycles. The van der Waals surface area contributed by atoms with Crippen LogP contribution in [-0.4, -0.2) is 11.1 Å². The van der Waals surface area contributed by atoms with E-state index >= 15 is 0 Å². The van der Waals surface area contributed by atoms with Gasteiger partial charge in [-0.1, -0.05) is 60.1 Å². The van der Waals surface area contributed by atoms with Crippen molar-refractivity contribution in [2.45, 2.75) is 0 Å².